The smallest absolute Gasteiger partial charge is 0.113 e. The first kappa shape index (κ1) is 11.3. The topological polar surface area (TPSA) is 41.6 Å². The summed E-state index contributed by atoms with van der Waals surface area (Å²) in [5.41, 5.74) is 1.99. The number of rotatable bonds is 1. The van der Waals surface area contributed by atoms with Gasteiger partial charge in [-0.25, -0.2) is 0 Å². The van der Waals surface area contributed by atoms with Crippen molar-refractivity contribution in [3.8, 4) is 11.3 Å². The summed E-state index contributed by atoms with van der Waals surface area (Å²) in [5.74, 6) is 0. The van der Waals surface area contributed by atoms with Crippen LogP contribution in [0.3, 0.4) is 0 Å². The predicted octanol–water partition coefficient (Wildman–Crippen LogP) is 1.98. The van der Waals surface area contributed by atoms with Crippen LogP contribution in [0.1, 0.15) is 0 Å². The Morgan fingerprint density at radius 3 is 2.56 bits per heavy atom. The Morgan fingerprint density at radius 2 is 1.75 bits per heavy atom. The number of benzene rings is 2. The molecule has 0 saturated heterocycles. The van der Waals surface area contributed by atoms with Gasteiger partial charge in [-0.3, -0.25) is 5.10 Å². The molecule has 0 fully saturated rings. The van der Waals surface area contributed by atoms with Crippen molar-refractivity contribution in [1.29, 1.82) is 0 Å². The predicted molar refractivity (Wildman–Crippen MR) is 66.5 cm³/mol. The molecule has 0 spiro atoms. The molecule has 0 aliphatic carbocycles. The number of fused-ring (bicyclic) bond motifs is 1. The van der Waals surface area contributed by atoms with Crippen LogP contribution >= 0.6 is 0 Å². The molecular formula is C12H10N3Na. The largest absolute Gasteiger partial charge is 0.265 e. The second kappa shape index (κ2) is 4.78. The SMILES string of the molecule is [NaH].c1ccc2c(-c3c[nH]nn3)cccc2c1. The van der Waals surface area contributed by atoms with E-state index in [2.05, 4.69) is 39.7 Å². The minimum atomic E-state index is 0. The van der Waals surface area contributed by atoms with Crippen LogP contribution in [-0.2, 0) is 0 Å². The second-order valence-corrected chi connectivity index (χ2v) is 3.39. The molecule has 0 aliphatic heterocycles. The van der Waals surface area contributed by atoms with E-state index < -0.39 is 0 Å². The minimum absolute atomic E-state index is 0. The van der Waals surface area contributed by atoms with Gasteiger partial charge in [0.05, 0.1) is 6.20 Å². The van der Waals surface area contributed by atoms with Crippen molar-refractivity contribution in [2.45, 2.75) is 0 Å². The summed E-state index contributed by atoms with van der Waals surface area (Å²) in [4.78, 5) is 0. The molecule has 0 bridgehead atoms. The van der Waals surface area contributed by atoms with Crippen LogP contribution in [0.4, 0.5) is 0 Å². The van der Waals surface area contributed by atoms with Crippen molar-refractivity contribution in [2.75, 3.05) is 0 Å². The standard InChI is InChI=1S/C12H9N3.Na.H/c1-2-6-10-9(4-1)5-3-7-11(10)12-8-13-15-14-12;;/h1-8H,(H,13,14,15);;. The van der Waals surface area contributed by atoms with E-state index in [1.54, 1.807) is 0 Å². The van der Waals surface area contributed by atoms with E-state index in [1.165, 1.54) is 10.8 Å². The molecule has 16 heavy (non-hydrogen) atoms. The number of nitrogens with zero attached hydrogens (tertiary/aromatic N) is 2. The van der Waals surface area contributed by atoms with Gasteiger partial charge in [-0.05, 0) is 10.8 Å². The molecule has 1 N–H and O–H groups in total. The third kappa shape index (κ3) is 1.89. The zero-order valence-corrected chi connectivity index (χ0v) is 8.01. The fraction of sp³-hybridized carbons (Fsp3) is 0. The monoisotopic (exact) mass is 219 g/mol. The molecule has 0 saturated carbocycles. The fourth-order valence-electron chi connectivity index (χ4n) is 1.78. The summed E-state index contributed by atoms with van der Waals surface area (Å²) >= 11 is 0. The van der Waals surface area contributed by atoms with E-state index in [1.807, 2.05) is 24.4 Å². The number of aromatic amines is 1. The molecule has 0 aliphatic rings. The van der Waals surface area contributed by atoms with Crippen LogP contribution in [0.25, 0.3) is 22.0 Å². The first-order valence-corrected chi connectivity index (χ1v) is 4.80. The van der Waals surface area contributed by atoms with E-state index in [0.29, 0.717) is 0 Å². The Hall–Kier alpha value is -1.16. The number of nitrogens with one attached hydrogen (secondary N) is 1. The van der Waals surface area contributed by atoms with Crippen molar-refractivity contribution in [2.24, 2.45) is 0 Å². The van der Waals surface area contributed by atoms with Gasteiger partial charge in [-0.1, -0.05) is 47.7 Å². The molecule has 1 aromatic heterocycles. The van der Waals surface area contributed by atoms with Crippen molar-refractivity contribution < 1.29 is 0 Å². The zero-order valence-electron chi connectivity index (χ0n) is 8.01. The van der Waals surface area contributed by atoms with Gasteiger partial charge in [0.25, 0.3) is 0 Å². The summed E-state index contributed by atoms with van der Waals surface area (Å²) < 4.78 is 0. The molecule has 3 rings (SSSR count). The van der Waals surface area contributed by atoms with Gasteiger partial charge in [0, 0.05) is 5.56 Å². The molecule has 1 heterocycles. The summed E-state index contributed by atoms with van der Waals surface area (Å²) in [7, 11) is 0. The first-order chi connectivity index (χ1) is 7.45. The van der Waals surface area contributed by atoms with Gasteiger partial charge in [0.15, 0.2) is 0 Å². The Labute approximate surface area is 115 Å². The molecule has 0 radical (unpaired) electrons. The summed E-state index contributed by atoms with van der Waals surface area (Å²) in [5, 5.41) is 12.9. The van der Waals surface area contributed by atoms with E-state index in [-0.39, 0.29) is 29.6 Å². The van der Waals surface area contributed by atoms with Crippen molar-refractivity contribution >= 4 is 40.3 Å². The molecular weight excluding hydrogens is 209 g/mol. The zero-order chi connectivity index (χ0) is 10.1. The quantitative estimate of drug-likeness (QED) is 0.636. The normalized spacial score (nSPS) is 10.0. The van der Waals surface area contributed by atoms with Crippen LogP contribution in [0, 0.1) is 0 Å². The fourth-order valence-corrected chi connectivity index (χ4v) is 1.78. The van der Waals surface area contributed by atoms with Crippen molar-refractivity contribution in [3.63, 3.8) is 0 Å². The Morgan fingerprint density at radius 1 is 0.938 bits per heavy atom. The van der Waals surface area contributed by atoms with Crippen LogP contribution in [0.15, 0.2) is 48.7 Å². The summed E-state index contributed by atoms with van der Waals surface area (Å²) in [6.45, 7) is 0. The summed E-state index contributed by atoms with van der Waals surface area (Å²) in [6.07, 6.45) is 1.81. The Balaban J connectivity index is 0.000000963. The maximum Gasteiger partial charge on any atom is 0.113 e. The number of aromatic nitrogens is 3. The molecule has 0 atom stereocenters. The van der Waals surface area contributed by atoms with E-state index in [9.17, 15) is 0 Å². The molecule has 3 nitrogen and oxygen atoms in total. The van der Waals surface area contributed by atoms with Gasteiger partial charge in [-0.2, -0.15) is 0 Å². The minimum Gasteiger partial charge on any atom is -0.265 e. The molecule has 2 aromatic carbocycles. The average Bonchev–Trinajstić information content (AvgIpc) is 2.82. The number of H-pyrrole nitrogens is 1. The molecule has 0 amide bonds. The Kier molecular flexibility index (Phi) is 3.39. The Bertz CT molecular complexity index is 585. The molecule has 74 valence electrons. The molecule has 0 unspecified atom stereocenters. The van der Waals surface area contributed by atoms with E-state index >= 15 is 0 Å². The van der Waals surface area contributed by atoms with Gasteiger partial charge in [-0.15, -0.1) is 5.10 Å². The molecule has 4 heteroatoms. The average molecular weight is 219 g/mol. The van der Waals surface area contributed by atoms with Crippen LogP contribution in [0.2, 0.25) is 0 Å². The van der Waals surface area contributed by atoms with Crippen LogP contribution in [-0.4, -0.2) is 45.0 Å². The van der Waals surface area contributed by atoms with Gasteiger partial charge < -0.3 is 0 Å². The second-order valence-electron chi connectivity index (χ2n) is 3.39. The third-order valence-electron chi connectivity index (χ3n) is 2.48. The van der Waals surface area contributed by atoms with Crippen molar-refractivity contribution in [1.82, 2.24) is 15.4 Å². The number of hydrogen-bond donors (Lipinski definition) is 1. The van der Waals surface area contributed by atoms with E-state index in [0.717, 1.165) is 11.3 Å². The molecule has 3 aromatic rings. The number of hydrogen-bond acceptors (Lipinski definition) is 2. The maximum absolute atomic E-state index is 4.03. The van der Waals surface area contributed by atoms with E-state index in [4.69, 9.17) is 0 Å². The van der Waals surface area contributed by atoms with Gasteiger partial charge >= 0.3 is 29.6 Å². The summed E-state index contributed by atoms with van der Waals surface area (Å²) in [6, 6.07) is 14.4. The van der Waals surface area contributed by atoms with Crippen LogP contribution < -0.4 is 0 Å². The van der Waals surface area contributed by atoms with Crippen LogP contribution in [0.5, 0.6) is 0 Å². The van der Waals surface area contributed by atoms with Gasteiger partial charge in [0.2, 0.25) is 0 Å². The van der Waals surface area contributed by atoms with Gasteiger partial charge in [0.1, 0.15) is 5.69 Å². The van der Waals surface area contributed by atoms with Crippen molar-refractivity contribution in [3.05, 3.63) is 48.7 Å². The first-order valence-electron chi connectivity index (χ1n) is 4.80. The third-order valence-corrected chi connectivity index (χ3v) is 2.48. The maximum atomic E-state index is 4.03.